The van der Waals surface area contributed by atoms with Crippen LogP contribution in [0.15, 0.2) is 42.5 Å². The first-order chi connectivity index (χ1) is 15.2. The van der Waals surface area contributed by atoms with Gasteiger partial charge in [-0.1, -0.05) is 47.0 Å². The smallest absolute Gasteiger partial charge is 0.324 e. The van der Waals surface area contributed by atoms with Crippen LogP contribution in [0, 0.1) is 12.3 Å². The molecule has 1 fully saturated rings. The van der Waals surface area contributed by atoms with Crippen LogP contribution >= 0.6 is 23.2 Å². The van der Waals surface area contributed by atoms with Gasteiger partial charge in [-0.15, -0.1) is 0 Å². The van der Waals surface area contributed by atoms with E-state index >= 15 is 0 Å². The molecule has 1 atom stereocenters. The van der Waals surface area contributed by atoms with E-state index < -0.39 is 17.4 Å². The molecule has 0 saturated carbocycles. The van der Waals surface area contributed by atoms with Crippen LogP contribution in [0.2, 0.25) is 10.0 Å². The van der Waals surface area contributed by atoms with E-state index in [2.05, 4.69) is 0 Å². The third kappa shape index (κ3) is 5.00. The quantitative estimate of drug-likeness (QED) is 0.572. The summed E-state index contributed by atoms with van der Waals surface area (Å²) in [4.78, 5) is 41.6. The van der Waals surface area contributed by atoms with E-state index in [0.717, 1.165) is 5.56 Å². The van der Waals surface area contributed by atoms with Gasteiger partial charge < -0.3 is 14.4 Å². The molecule has 0 radical (unpaired) electrons. The lowest BCUT2D eigenvalue weighted by Crippen LogP contribution is -2.62. The predicted octanol–water partition coefficient (Wildman–Crippen LogP) is 4.47. The molecule has 2 aromatic carbocycles. The van der Waals surface area contributed by atoms with E-state index in [1.165, 1.54) is 24.0 Å². The maximum atomic E-state index is 13.5. The molecule has 0 N–H and O–H groups in total. The second kappa shape index (κ2) is 9.79. The van der Waals surface area contributed by atoms with Crippen molar-refractivity contribution in [2.24, 2.45) is 5.41 Å². The monoisotopic (exact) mass is 478 g/mol. The van der Waals surface area contributed by atoms with E-state index in [4.69, 9.17) is 32.7 Å². The predicted molar refractivity (Wildman–Crippen MR) is 122 cm³/mol. The van der Waals surface area contributed by atoms with Gasteiger partial charge in [0.05, 0.1) is 20.6 Å². The van der Waals surface area contributed by atoms with Crippen LogP contribution in [0.4, 0.5) is 10.5 Å². The Bertz CT molecular complexity index is 1030. The SMILES string of the molecule is COC(=O)CC1(C(=O)OC)CN(Cc2ccc(Cl)cc2Cl)C(=O)N(c2ccc(C)cc2)C1. The maximum absolute atomic E-state index is 13.5. The third-order valence-electron chi connectivity index (χ3n) is 5.51. The number of methoxy groups -OCH3 is 2. The van der Waals surface area contributed by atoms with Crippen LogP contribution in [-0.4, -0.2) is 50.2 Å². The van der Waals surface area contributed by atoms with Crippen molar-refractivity contribution in [3.8, 4) is 0 Å². The second-order valence-corrected chi connectivity index (χ2v) is 8.66. The van der Waals surface area contributed by atoms with Crippen LogP contribution in [-0.2, 0) is 25.6 Å². The molecule has 7 nitrogen and oxygen atoms in total. The van der Waals surface area contributed by atoms with Gasteiger partial charge in [-0.3, -0.25) is 14.5 Å². The lowest BCUT2D eigenvalue weighted by Gasteiger charge is -2.45. The summed E-state index contributed by atoms with van der Waals surface area (Å²) in [5.74, 6) is -1.17. The molecule has 1 aliphatic rings. The maximum Gasteiger partial charge on any atom is 0.324 e. The molecule has 1 aliphatic heterocycles. The first kappa shape index (κ1) is 23.9. The first-order valence-electron chi connectivity index (χ1n) is 9.91. The average molecular weight is 479 g/mol. The van der Waals surface area contributed by atoms with E-state index in [-0.39, 0.29) is 32.1 Å². The number of benzene rings is 2. The molecule has 3 rings (SSSR count). The summed E-state index contributed by atoms with van der Waals surface area (Å²) in [5, 5.41) is 0.869. The van der Waals surface area contributed by atoms with Gasteiger partial charge in [-0.2, -0.15) is 0 Å². The molecule has 0 bridgehead atoms. The van der Waals surface area contributed by atoms with E-state index in [0.29, 0.717) is 21.3 Å². The van der Waals surface area contributed by atoms with E-state index in [9.17, 15) is 14.4 Å². The van der Waals surface area contributed by atoms with Gasteiger partial charge in [-0.25, -0.2) is 4.79 Å². The fraction of sp³-hybridized carbons (Fsp3) is 0.348. The van der Waals surface area contributed by atoms with Crippen LogP contribution in [0.25, 0.3) is 0 Å². The lowest BCUT2D eigenvalue weighted by molar-refractivity contribution is -0.160. The Kier molecular flexibility index (Phi) is 7.31. The number of urea groups is 1. The Morgan fingerprint density at radius 1 is 1.03 bits per heavy atom. The molecule has 1 heterocycles. The van der Waals surface area contributed by atoms with Crippen molar-refractivity contribution in [2.45, 2.75) is 19.9 Å². The molecule has 0 spiro atoms. The molecule has 1 saturated heterocycles. The highest BCUT2D eigenvalue weighted by molar-refractivity contribution is 6.35. The molecular formula is C23H24Cl2N2O5. The average Bonchev–Trinajstić information content (AvgIpc) is 2.77. The number of hydrogen-bond donors (Lipinski definition) is 0. The van der Waals surface area contributed by atoms with Crippen molar-refractivity contribution in [3.63, 3.8) is 0 Å². The molecule has 1 unspecified atom stereocenters. The van der Waals surface area contributed by atoms with E-state index in [1.54, 1.807) is 30.3 Å². The summed E-state index contributed by atoms with van der Waals surface area (Å²) in [6.07, 6.45) is -0.239. The molecule has 32 heavy (non-hydrogen) atoms. The number of rotatable bonds is 6. The fourth-order valence-corrected chi connectivity index (χ4v) is 4.28. The largest absolute Gasteiger partial charge is 0.469 e. The number of nitrogens with zero attached hydrogens (tertiary/aromatic N) is 2. The van der Waals surface area contributed by atoms with Crippen LogP contribution in [0.3, 0.4) is 0 Å². The molecule has 2 aromatic rings. The number of esters is 2. The Hall–Kier alpha value is -2.77. The zero-order valence-electron chi connectivity index (χ0n) is 18.1. The van der Waals surface area contributed by atoms with Gasteiger partial charge in [0.25, 0.3) is 0 Å². The number of halogens is 2. The normalized spacial score (nSPS) is 18.5. The highest BCUT2D eigenvalue weighted by Crippen LogP contribution is 2.36. The van der Waals surface area contributed by atoms with Gasteiger partial charge in [0.15, 0.2) is 0 Å². The van der Waals surface area contributed by atoms with Gasteiger partial charge in [0, 0.05) is 35.4 Å². The number of hydrogen-bond acceptors (Lipinski definition) is 5. The summed E-state index contributed by atoms with van der Waals surface area (Å²) in [5.41, 5.74) is 0.967. The number of amides is 2. The van der Waals surface area contributed by atoms with Crippen LogP contribution in [0.5, 0.6) is 0 Å². The Morgan fingerprint density at radius 3 is 2.31 bits per heavy atom. The third-order valence-corrected chi connectivity index (χ3v) is 6.09. The fourth-order valence-electron chi connectivity index (χ4n) is 3.81. The Balaban J connectivity index is 2.05. The lowest BCUT2D eigenvalue weighted by atomic mass is 9.81. The standard InChI is InChI=1S/C23H24Cl2N2O5/c1-15-4-8-18(9-5-15)27-14-23(21(29)32-3,11-20(28)31-2)13-26(22(27)30)12-16-6-7-17(24)10-19(16)25/h4-10H,11-14H2,1-3H3. The molecule has 9 heteroatoms. The van der Waals surface area contributed by atoms with Crippen molar-refractivity contribution in [3.05, 3.63) is 63.6 Å². The Labute approximate surface area is 196 Å². The van der Waals surface area contributed by atoms with Gasteiger partial charge in [-0.05, 0) is 36.8 Å². The summed E-state index contributed by atoms with van der Waals surface area (Å²) in [7, 11) is 2.51. The number of carbonyl (C=O) groups is 3. The van der Waals surface area contributed by atoms with E-state index in [1.807, 2.05) is 19.1 Å². The second-order valence-electron chi connectivity index (χ2n) is 7.82. The highest BCUT2D eigenvalue weighted by Gasteiger charge is 2.51. The number of ether oxygens (including phenoxy) is 2. The summed E-state index contributed by atoms with van der Waals surface area (Å²) in [6, 6.07) is 12.0. The topological polar surface area (TPSA) is 76.2 Å². The van der Waals surface area contributed by atoms with Crippen molar-refractivity contribution in [1.29, 1.82) is 0 Å². The van der Waals surface area contributed by atoms with Crippen LogP contribution < -0.4 is 4.90 Å². The summed E-state index contributed by atoms with van der Waals surface area (Å²) in [6.45, 7) is 2.00. The minimum atomic E-state index is -1.32. The van der Waals surface area contributed by atoms with Crippen LogP contribution in [0.1, 0.15) is 17.5 Å². The van der Waals surface area contributed by atoms with Crippen molar-refractivity contribution in [2.75, 3.05) is 32.2 Å². The first-order valence-corrected chi connectivity index (χ1v) is 10.7. The molecule has 0 aromatic heterocycles. The van der Waals surface area contributed by atoms with Gasteiger partial charge in [0.2, 0.25) is 0 Å². The van der Waals surface area contributed by atoms with Crippen molar-refractivity contribution < 1.29 is 23.9 Å². The summed E-state index contributed by atoms with van der Waals surface area (Å²) < 4.78 is 9.90. The number of carbonyl (C=O) groups excluding carboxylic acids is 3. The highest BCUT2D eigenvalue weighted by atomic mass is 35.5. The Morgan fingerprint density at radius 2 is 1.72 bits per heavy atom. The van der Waals surface area contributed by atoms with Gasteiger partial charge in [0.1, 0.15) is 5.41 Å². The zero-order chi connectivity index (χ0) is 23.5. The summed E-state index contributed by atoms with van der Waals surface area (Å²) >= 11 is 12.3. The number of aryl methyl sites for hydroxylation is 1. The molecule has 170 valence electrons. The minimum Gasteiger partial charge on any atom is -0.469 e. The van der Waals surface area contributed by atoms with Crippen molar-refractivity contribution >= 4 is 46.9 Å². The molecule has 2 amide bonds. The number of anilines is 1. The van der Waals surface area contributed by atoms with Crippen molar-refractivity contribution in [1.82, 2.24) is 4.90 Å². The molecule has 0 aliphatic carbocycles. The molecular weight excluding hydrogens is 455 g/mol. The zero-order valence-corrected chi connectivity index (χ0v) is 19.6. The minimum absolute atomic E-state index is 0.0263. The van der Waals surface area contributed by atoms with Gasteiger partial charge >= 0.3 is 18.0 Å².